The molecule has 194 valence electrons. The molecule has 1 N–H and O–H groups in total. The van der Waals surface area contributed by atoms with E-state index in [2.05, 4.69) is 24.4 Å². The van der Waals surface area contributed by atoms with E-state index < -0.39 is 5.54 Å². The third-order valence-corrected chi connectivity index (χ3v) is 8.29. The number of aryl methyl sites for hydroxylation is 1. The predicted molar refractivity (Wildman–Crippen MR) is 146 cm³/mol. The maximum atomic E-state index is 14.0. The number of fused-ring (bicyclic) bond motifs is 1. The number of rotatable bonds is 6. The van der Waals surface area contributed by atoms with Crippen molar-refractivity contribution in [2.45, 2.75) is 83.5 Å². The zero-order chi connectivity index (χ0) is 26.0. The van der Waals surface area contributed by atoms with Gasteiger partial charge < -0.3 is 10.2 Å². The molecule has 2 aromatic carbocycles. The van der Waals surface area contributed by atoms with Crippen molar-refractivity contribution < 1.29 is 9.59 Å². The fourth-order valence-electron chi connectivity index (χ4n) is 5.50. The van der Waals surface area contributed by atoms with Crippen LogP contribution in [0.2, 0.25) is 5.02 Å². The summed E-state index contributed by atoms with van der Waals surface area (Å²) in [5.74, 6) is -0.344. The van der Waals surface area contributed by atoms with Gasteiger partial charge in [0.05, 0.1) is 12.2 Å². The van der Waals surface area contributed by atoms with Gasteiger partial charge in [0.2, 0.25) is 5.91 Å². The lowest BCUT2D eigenvalue weighted by atomic mass is 9.93. The van der Waals surface area contributed by atoms with Crippen LogP contribution in [0.5, 0.6) is 0 Å². The van der Waals surface area contributed by atoms with Crippen LogP contribution in [0.3, 0.4) is 0 Å². The van der Waals surface area contributed by atoms with Crippen LogP contribution in [0.15, 0.2) is 54.6 Å². The smallest absolute Gasteiger partial charge is 0.273 e. The summed E-state index contributed by atoms with van der Waals surface area (Å²) in [6, 6.07) is 17.7. The van der Waals surface area contributed by atoms with Crippen LogP contribution in [-0.2, 0) is 24.3 Å². The standard InChI is InChI=1S/C30H35ClN4O2/c1-3-21-14-16-22(17-15-21)26-18-27-28(36)34(19-23-10-8-9-13-25(23)31)30(2,20-35(27)33-26)29(37)32-24-11-6-4-5-7-12-24/h8-10,13-18,24H,3-7,11-12,19-20H2,1-2H3,(H,32,37)/t30-/m1/s1. The average Bonchev–Trinajstić information content (AvgIpc) is 3.15. The molecule has 2 aliphatic rings. The van der Waals surface area contributed by atoms with Gasteiger partial charge in [-0.1, -0.05) is 86.7 Å². The van der Waals surface area contributed by atoms with E-state index in [4.69, 9.17) is 16.7 Å². The Bertz CT molecular complexity index is 1280. The van der Waals surface area contributed by atoms with Crippen molar-refractivity contribution in [3.63, 3.8) is 0 Å². The average molecular weight is 519 g/mol. The number of benzene rings is 2. The molecule has 2 amide bonds. The number of carbonyl (C=O) groups is 2. The van der Waals surface area contributed by atoms with Crippen LogP contribution in [0, 0.1) is 0 Å². The van der Waals surface area contributed by atoms with E-state index in [9.17, 15) is 9.59 Å². The van der Waals surface area contributed by atoms with E-state index in [1.807, 2.05) is 49.4 Å². The highest BCUT2D eigenvalue weighted by Gasteiger charge is 2.48. The first-order valence-electron chi connectivity index (χ1n) is 13.4. The molecule has 0 spiro atoms. The molecule has 3 aromatic rings. The van der Waals surface area contributed by atoms with Gasteiger partial charge in [0.1, 0.15) is 11.2 Å². The fraction of sp³-hybridized carbons (Fsp3) is 0.433. The second-order valence-electron chi connectivity index (χ2n) is 10.5. The number of hydrogen-bond acceptors (Lipinski definition) is 3. The Kier molecular flexibility index (Phi) is 7.38. The van der Waals surface area contributed by atoms with Crippen molar-refractivity contribution in [1.29, 1.82) is 0 Å². The summed E-state index contributed by atoms with van der Waals surface area (Å²) in [5.41, 5.74) is 3.13. The minimum atomic E-state index is -1.11. The maximum absolute atomic E-state index is 14.0. The van der Waals surface area contributed by atoms with Gasteiger partial charge in [0, 0.05) is 23.2 Å². The number of nitrogens with one attached hydrogen (secondary N) is 1. The molecule has 2 heterocycles. The third kappa shape index (κ3) is 5.17. The molecule has 0 saturated heterocycles. The highest BCUT2D eigenvalue weighted by Crippen LogP contribution is 2.33. The van der Waals surface area contributed by atoms with E-state index in [1.54, 1.807) is 9.58 Å². The minimum Gasteiger partial charge on any atom is -0.351 e. The zero-order valence-electron chi connectivity index (χ0n) is 21.7. The van der Waals surface area contributed by atoms with Crippen molar-refractivity contribution >= 4 is 23.4 Å². The van der Waals surface area contributed by atoms with Crippen molar-refractivity contribution in [3.8, 4) is 11.3 Å². The Hall–Kier alpha value is -3.12. The second kappa shape index (κ2) is 10.7. The topological polar surface area (TPSA) is 67.2 Å². The Morgan fingerprint density at radius 2 is 1.78 bits per heavy atom. The molecule has 6 nitrogen and oxygen atoms in total. The number of hydrogen-bond donors (Lipinski definition) is 1. The van der Waals surface area contributed by atoms with Crippen LogP contribution in [0.25, 0.3) is 11.3 Å². The molecule has 5 rings (SSSR count). The molecular weight excluding hydrogens is 484 g/mol. The van der Waals surface area contributed by atoms with Crippen LogP contribution >= 0.6 is 11.6 Å². The molecule has 0 radical (unpaired) electrons. The summed E-state index contributed by atoms with van der Waals surface area (Å²) >= 11 is 6.49. The summed E-state index contributed by atoms with van der Waals surface area (Å²) in [6.07, 6.45) is 7.57. The predicted octanol–water partition coefficient (Wildman–Crippen LogP) is 6.02. The molecule has 1 aromatic heterocycles. The molecule has 1 aliphatic heterocycles. The minimum absolute atomic E-state index is 0.130. The maximum Gasteiger partial charge on any atom is 0.273 e. The van der Waals surface area contributed by atoms with E-state index in [0.717, 1.165) is 48.9 Å². The van der Waals surface area contributed by atoms with E-state index in [0.29, 0.717) is 10.7 Å². The van der Waals surface area contributed by atoms with Gasteiger partial charge in [-0.3, -0.25) is 14.3 Å². The number of nitrogens with zero attached hydrogens (tertiary/aromatic N) is 3. The lowest BCUT2D eigenvalue weighted by molar-refractivity contribution is -0.134. The first kappa shape index (κ1) is 25.5. The second-order valence-corrected chi connectivity index (χ2v) is 10.9. The van der Waals surface area contributed by atoms with Gasteiger partial charge in [0.25, 0.3) is 5.91 Å². The first-order chi connectivity index (χ1) is 17.9. The number of amides is 2. The molecule has 7 heteroatoms. The van der Waals surface area contributed by atoms with Crippen LogP contribution < -0.4 is 5.32 Å². The van der Waals surface area contributed by atoms with Crippen LogP contribution in [0.1, 0.15) is 74.0 Å². The summed E-state index contributed by atoms with van der Waals surface area (Å²) in [5, 5.41) is 8.66. The van der Waals surface area contributed by atoms with Crippen molar-refractivity contribution in [2.75, 3.05) is 0 Å². The molecule has 0 unspecified atom stereocenters. The molecule has 1 fully saturated rings. The lowest BCUT2D eigenvalue weighted by Gasteiger charge is -2.44. The summed E-state index contributed by atoms with van der Waals surface area (Å²) in [4.78, 5) is 29.6. The van der Waals surface area contributed by atoms with E-state index in [1.165, 1.54) is 18.4 Å². The quantitative estimate of drug-likeness (QED) is 0.406. The molecule has 1 aliphatic carbocycles. The highest BCUT2D eigenvalue weighted by molar-refractivity contribution is 6.31. The fourth-order valence-corrected chi connectivity index (χ4v) is 5.70. The normalized spacial score (nSPS) is 20.4. The Labute approximate surface area is 224 Å². The lowest BCUT2D eigenvalue weighted by Crippen LogP contribution is -2.64. The van der Waals surface area contributed by atoms with Gasteiger partial charge in [-0.05, 0) is 49.4 Å². The molecule has 0 bridgehead atoms. The largest absolute Gasteiger partial charge is 0.351 e. The first-order valence-corrected chi connectivity index (χ1v) is 13.8. The molecule has 1 saturated carbocycles. The van der Waals surface area contributed by atoms with Gasteiger partial charge in [-0.15, -0.1) is 0 Å². The van der Waals surface area contributed by atoms with Crippen LogP contribution in [0.4, 0.5) is 0 Å². The number of carbonyl (C=O) groups excluding carboxylic acids is 2. The van der Waals surface area contributed by atoms with E-state index >= 15 is 0 Å². The van der Waals surface area contributed by atoms with Crippen LogP contribution in [-0.4, -0.2) is 38.1 Å². The SMILES string of the molecule is CCc1ccc(-c2cc3n(n2)C[C@](C)(C(=O)NC2CCCCCC2)N(Cc2ccccc2Cl)C3=O)cc1. The molecular formula is C30H35ClN4O2. The zero-order valence-corrected chi connectivity index (χ0v) is 22.4. The Balaban J connectivity index is 1.50. The summed E-state index contributed by atoms with van der Waals surface area (Å²) < 4.78 is 1.71. The Morgan fingerprint density at radius 3 is 2.46 bits per heavy atom. The monoisotopic (exact) mass is 518 g/mol. The highest BCUT2D eigenvalue weighted by atomic mass is 35.5. The van der Waals surface area contributed by atoms with Gasteiger partial charge in [0.15, 0.2) is 0 Å². The van der Waals surface area contributed by atoms with Crippen molar-refractivity contribution in [3.05, 3.63) is 76.4 Å². The molecule has 37 heavy (non-hydrogen) atoms. The number of aromatic nitrogens is 2. The number of halogens is 1. The summed E-state index contributed by atoms with van der Waals surface area (Å²) in [7, 11) is 0. The summed E-state index contributed by atoms with van der Waals surface area (Å²) in [6.45, 7) is 4.51. The van der Waals surface area contributed by atoms with Gasteiger partial charge in [-0.2, -0.15) is 5.10 Å². The van der Waals surface area contributed by atoms with Gasteiger partial charge in [-0.25, -0.2) is 0 Å². The Morgan fingerprint density at radius 1 is 1.08 bits per heavy atom. The van der Waals surface area contributed by atoms with Crippen molar-refractivity contribution in [1.82, 2.24) is 20.0 Å². The molecule has 1 atom stereocenters. The van der Waals surface area contributed by atoms with E-state index in [-0.39, 0.29) is 30.9 Å². The van der Waals surface area contributed by atoms with Gasteiger partial charge >= 0.3 is 0 Å². The third-order valence-electron chi connectivity index (χ3n) is 7.92. The van der Waals surface area contributed by atoms with Crippen molar-refractivity contribution in [2.24, 2.45) is 0 Å².